The van der Waals surface area contributed by atoms with Crippen molar-refractivity contribution >= 4 is 29.2 Å². The number of carbonyl (C=O) groups excluding carboxylic acids is 3. The highest BCUT2D eigenvalue weighted by atomic mass is 19.4. The summed E-state index contributed by atoms with van der Waals surface area (Å²) in [5, 5.41) is 13.7. The molecule has 0 spiro atoms. The SMILES string of the molecule is CC1(C)C(=O)N(c2ccc(OC(F)(F)F)c(NC(=O)CNCCO)c2)C(=O)N1Cc1ccncc1. The van der Waals surface area contributed by atoms with E-state index in [2.05, 4.69) is 20.4 Å². The zero-order valence-corrected chi connectivity index (χ0v) is 18.9. The van der Waals surface area contributed by atoms with Crippen LogP contribution in [-0.4, -0.2) is 64.4 Å². The Morgan fingerprint density at radius 1 is 1.17 bits per heavy atom. The first kappa shape index (κ1) is 25.9. The van der Waals surface area contributed by atoms with E-state index in [4.69, 9.17) is 5.11 Å². The smallest absolute Gasteiger partial charge is 0.404 e. The van der Waals surface area contributed by atoms with Crippen LogP contribution in [0.3, 0.4) is 0 Å². The Balaban J connectivity index is 1.93. The van der Waals surface area contributed by atoms with E-state index >= 15 is 0 Å². The van der Waals surface area contributed by atoms with Gasteiger partial charge in [0.25, 0.3) is 5.91 Å². The number of amides is 4. The van der Waals surface area contributed by atoms with E-state index in [1.165, 1.54) is 4.90 Å². The van der Waals surface area contributed by atoms with Crippen molar-refractivity contribution in [1.29, 1.82) is 0 Å². The second-order valence-electron chi connectivity index (χ2n) is 8.10. The molecule has 0 aliphatic carbocycles. The van der Waals surface area contributed by atoms with Gasteiger partial charge in [-0.15, -0.1) is 13.2 Å². The van der Waals surface area contributed by atoms with Gasteiger partial charge in [0.15, 0.2) is 5.75 Å². The summed E-state index contributed by atoms with van der Waals surface area (Å²) in [6.45, 7) is 2.78. The Morgan fingerprint density at radius 3 is 2.49 bits per heavy atom. The number of ether oxygens (including phenoxy) is 1. The number of imide groups is 1. The normalized spacial score (nSPS) is 15.5. The minimum Gasteiger partial charge on any atom is -0.404 e. The van der Waals surface area contributed by atoms with Crippen molar-refractivity contribution < 1.29 is 37.4 Å². The lowest BCUT2D eigenvalue weighted by atomic mass is 10.0. The summed E-state index contributed by atoms with van der Waals surface area (Å²) in [4.78, 5) is 44.7. The number of halogens is 3. The maximum absolute atomic E-state index is 13.2. The molecule has 1 saturated heterocycles. The van der Waals surface area contributed by atoms with Crippen LogP contribution in [0.5, 0.6) is 5.75 Å². The summed E-state index contributed by atoms with van der Waals surface area (Å²) >= 11 is 0. The Labute approximate surface area is 198 Å². The first-order chi connectivity index (χ1) is 16.4. The number of benzene rings is 1. The van der Waals surface area contributed by atoms with Crippen LogP contribution in [0.1, 0.15) is 19.4 Å². The number of hydrogen-bond acceptors (Lipinski definition) is 7. The van der Waals surface area contributed by atoms with Gasteiger partial charge in [-0.05, 0) is 49.7 Å². The number of aliphatic hydroxyl groups is 1. The molecule has 1 aliphatic rings. The summed E-state index contributed by atoms with van der Waals surface area (Å²) in [5.41, 5.74) is -0.951. The first-order valence-corrected chi connectivity index (χ1v) is 10.5. The number of pyridine rings is 1. The van der Waals surface area contributed by atoms with Crippen molar-refractivity contribution in [3.8, 4) is 5.75 Å². The van der Waals surface area contributed by atoms with E-state index in [9.17, 15) is 27.6 Å². The molecule has 4 amide bonds. The molecule has 1 aromatic heterocycles. The van der Waals surface area contributed by atoms with E-state index in [0.29, 0.717) is 0 Å². The highest BCUT2D eigenvalue weighted by Crippen LogP contribution is 2.38. The van der Waals surface area contributed by atoms with Crippen LogP contribution < -0.4 is 20.3 Å². The van der Waals surface area contributed by atoms with Gasteiger partial charge in [0.05, 0.1) is 24.5 Å². The summed E-state index contributed by atoms with van der Waals surface area (Å²) in [7, 11) is 0. The standard InChI is InChI=1S/C22H24F3N5O5/c1-21(2)19(33)30(20(34)29(21)13-14-5-7-26-8-6-14)15-3-4-17(35-22(23,24)25)16(11-15)28-18(32)12-27-9-10-31/h3-8,11,27,31H,9-10,12-13H2,1-2H3,(H,28,32). The molecule has 13 heteroatoms. The fourth-order valence-electron chi connectivity index (χ4n) is 3.44. The van der Waals surface area contributed by atoms with E-state index in [1.54, 1.807) is 38.4 Å². The third kappa shape index (κ3) is 6.05. The largest absolute Gasteiger partial charge is 0.573 e. The molecule has 0 unspecified atom stereocenters. The number of urea groups is 1. The van der Waals surface area contributed by atoms with Crippen LogP contribution in [0, 0.1) is 0 Å². The van der Waals surface area contributed by atoms with Crippen LogP contribution in [-0.2, 0) is 16.1 Å². The van der Waals surface area contributed by atoms with Gasteiger partial charge in [-0.2, -0.15) is 0 Å². The number of carbonyl (C=O) groups is 3. The predicted octanol–water partition coefficient (Wildman–Crippen LogP) is 2.25. The van der Waals surface area contributed by atoms with Crippen LogP contribution >= 0.6 is 0 Å². The lowest BCUT2D eigenvalue weighted by molar-refractivity contribution is -0.274. The summed E-state index contributed by atoms with van der Waals surface area (Å²) in [6, 6.07) is 5.81. The van der Waals surface area contributed by atoms with Crippen LogP contribution in [0.2, 0.25) is 0 Å². The quantitative estimate of drug-likeness (QED) is 0.360. The fourth-order valence-corrected chi connectivity index (χ4v) is 3.44. The molecule has 0 saturated carbocycles. The van der Waals surface area contributed by atoms with Crippen LogP contribution in [0.15, 0.2) is 42.7 Å². The van der Waals surface area contributed by atoms with Gasteiger partial charge >= 0.3 is 12.4 Å². The number of alkyl halides is 3. The van der Waals surface area contributed by atoms with E-state index < -0.39 is 35.5 Å². The lowest BCUT2D eigenvalue weighted by Gasteiger charge is -2.27. The van der Waals surface area contributed by atoms with Gasteiger partial charge in [0.1, 0.15) is 5.54 Å². The van der Waals surface area contributed by atoms with Crippen molar-refractivity contribution in [2.75, 3.05) is 29.9 Å². The average molecular weight is 495 g/mol. The van der Waals surface area contributed by atoms with Gasteiger partial charge in [0.2, 0.25) is 5.91 Å². The van der Waals surface area contributed by atoms with Crippen LogP contribution in [0.25, 0.3) is 0 Å². The Kier molecular flexibility index (Phi) is 7.60. The maximum atomic E-state index is 13.2. The second-order valence-corrected chi connectivity index (χ2v) is 8.10. The molecule has 2 heterocycles. The number of hydrogen-bond donors (Lipinski definition) is 3. The van der Waals surface area contributed by atoms with Crippen molar-refractivity contribution in [2.24, 2.45) is 0 Å². The number of anilines is 2. The molecule has 0 radical (unpaired) electrons. The minimum absolute atomic E-state index is 0.0431. The number of aromatic nitrogens is 1. The molecule has 3 N–H and O–H groups in total. The number of nitrogens with zero attached hydrogens (tertiary/aromatic N) is 3. The molecule has 1 aromatic carbocycles. The molecular formula is C22H24F3N5O5. The molecule has 1 fully saturated rings. The Hall–Kier alpha value is -3.71. The molecule has 1 aliphatic heterocycles. The molecule has 0 bridgehead atoms. The molecule has 2 aromatic rings. The highest BCUT2D eigenvalue weighted by molar-refractivity contribution is 6.23. The van der Waals surface area contributed by atoms with E-state index in [-0.39, 0.29) is 37.6 Å². The molecule has 35 heavy (non-hydrogen) atoms. The zero-order valence-electron chi connectivity index (χ0n) is 18.9. The number of aliphatic hydroxyl groups excluding tert-OH is 1. The van der Waals surface area contributed by atoms with Crippen molar-refractivity contribution in [3.05, 3.63) is 48.3 Å². The monoisotopic (exact) mass is 495 g/mol. The summed E-state index contributed by atoms with van der Waals surface area (Å²) in [5.74, 6) is -2.03. The molecular weight excluding hydrogens is 471 g/mol. The van der Waals surface area contributed by atoms with Crippen LogP contribution in [0.4, 0.5) is 29.3 Å². The van der Waals surface area contributed by atoms with Crippen molar-refractivity contribution in [1.82, 2.24) is 15.2 Å². The Bertz CT molecular complexity index is 1090. The number of nitrogens with one attached hydrogen (secondary N) is 2. The zero-order chi connectivity index (χ0) is 25.8. The number of rotatable bonds is 9. The maximum Gasteiger partial charge on any atom is 0.573 e. The van der Waals surface area contributed by atoms with Gasteiger partial charge in [-0.25, -0.2) is 9.69 Å². The Morgan fingerprint density at radius 2 is 1.86 bits per heavy atom. The third-order valence-electron chi connectivity index (χ3n) is 5.21. The van der Waals surface area contributed by atoms with E-state index in [0.717, 1.165) is 28.7 Å². The predicted molar refractivity (Wildman–Crippen MR) is 118 cm³/mol. The lowest BCUT2D eigenvalue weighted by Crippen LogP contribution is -2.43. The topological polar surface area (TPSA) is 124 Å². The molecule has 10 nitrogen and oxygen atoms in total. The van der Waals surface area contributed by atoms with Gasteiger partial charge < -0.3 is 25.4 Å². The minimum atomic E-state index is -5.04. The van der Waals surface area contributed by atoms with Crippen molar-refractivity contribution in [2.45, 2.75) is 32.3 Å². The van der Waals surface area contributed by atoms with Crippen molar-refractivity contribution in [3.63, 3.8) is 0 Å². The summed E-state index contributed by atoms with van der Waals surface area (Å²) < 4.78 is 42.7. The second kappa shape index (κ2) is 10.3. The fraction of sp³-hybridized carbons (Fsp3) is 0.364. The third-order valence-corrected chi connectivity index (χ3v) is 5.21. The van der Waals surface area contributed by atoms with Gasteiger partial charge in [-0.1, -0.05) is 0 Å². The van der Waals surface area contributed by atoms with E-state index in [1.807, 2.05) is 0 Å². The molecule has 0 atom stereocenters. The average Bonchev–Trinajstić information content (AvgIpc) is 2.94. The summed E-state index contributed by atoms with van der Waals surface area (Å²) in [6.07, 6.45) is -1.95. The van der Waals surface area contributed by atoms with Gasteiger partial charge in [0, 0.05) is 25.5 Å². The molecule has 188 valence electrons. The first-order valence-electron chi connectivity index (χ1n) is 10.5. The molecule has 3 rings (SSSR count). The highest BCUT2D eigenvalue weighted by Gasteiger charge is 2.51. The van der Waals surface area contributed by atoms with Gasteiger partial charge in [-0.3, -0.25) is 14.6 Å².